The van der Waals surface area contributed by atoms with Crippen LogP contribution in [0.3, 0.4) is 0 Å². The number of hydrogen-bond donors (Lipinski definition) is 4. The summed E-state index contributed by atoms with van der Waals surface area (Å²) < 4.78 is 13.1. The molecule has 56 heavy (non-hydrogen) atoms. The van der Waals surface area contributed by atoms with Gasteiger partial charge in [-0.1, -0.05) is 99.6 Å². The molecule has 296 valence electrons. The Morgan fingerprint density at radius 1 is 0.946 bits per heavy atom. The van der Waals surface area contributed by atoms with Crippen LogP contribution in [-0.4, -0.2) is 68.5 Å². The number of carbonyl (C=O) groups is 1. The van der Waals surface area contributed by atoms with Crippen LogP contribution in [-0.2, 0) is 21.1 Å². The van der Waals surface area contributed by atoms with E-state index in [1.165, 1.54) is 11.6 Å². The van der Waals surface area contributed by atoms with Crippen molar-refractivity contribution >= 4 is 25.1 Å². The van der Waals surface area contributed by atoms with E-state index in [9.17, 15) is 14.7 Å². The zero-order valence-electron chi connectivity index (χ0n) is 33.5. The lowest BCUT2D eigenvalue weighted by atomic mass is 9.64. The number of nitrogens with zero attached hydrogens (tertiary/aromatic N) is 1. The van der Waals surface area contributed by atoms with Gasteiger partial charge in [-0.15, -0.1) is 0 Å². The quantitative estimate of drug-likeness (QED) is 0.0563. The maximum Gasteiger partial charge on any atom is 0.248 e. The highest BCUT2D eigenvalue weighted by Gasteiger charge is 2.49. The lowest BCUT2D eigenvalue weighted by Crippen LogP contribution is -2.49. The second-order valence-electron chi connectivity index (χ2n) is 16.6. The highest BCUT2D eigenvalue weighted by atomic mass is 28.4. The minimum Gasteiger partial charge on any atom is -0.506 e. The number of primary amides is 1. The minimum atomic E-state index is -2.16. The van der Waals surface area contributed by atoms with Crippen molar-refractivity contribution in [2.24, 2.45) is 11.7 Å². The van der Waals surface area contributed by atoms with Gasteiger partial charge < -0.3 is 35.2 Å². The number of fused-ring (bicyclic) bond motifs is 1. The van der Waals surface area contributed by atoms with E-state index in [4.69, 9.17) is 14.9 Å². The predicted molar refractivity (Wildman–Crippen MR) is 228 cm³/mol. The Morgan fingerprint density at radius 2 is 1.61 bits per heavy atom. The van der Waals surface area contributed by atoms with Crippen molar-refractivity contribution < 1.29 is 19.1 Å². The second kappa shape index (κ2) is 17.6. The molecule has 0 spiro atoms. The number of ether oxygens (including phenoxy) is 1. The van der Waals surface area contributed by atoms with Crippen molar-refractivity contribution in [1.82, 2.24) is 15.2 Å². The monoisotopic (exact) mass is 774 g/mol. The minimum absolute atomic E-state index is 0.0115. The molecule has 2 atom stereocenters. The zero-order chi connectivity index (χ0) is 39.9. The molecule has 0 aliphatic carbocycles. The Balaban J connectivity index is 1.000. The number of nitrogens with two attached hydrogens (primary N) is 1. The Kier molecular flexibility index (Phi) is 12.8. The van der Waals surface area contributed by atoms with Crippen LogP contribution in [0.25, 0.3) is 10.9 Å². The molecule has 1 aliphatic rings. The summed E-state index contributed by atoms with van der Waals surface area (Å²) in [5, 5.41) is 14.9. The number of aromatic hydroxyl groups is 1. The molecule has 4 aromatic carbocycles. The van der Waals surface area contributed by atoms with Crippen LogP contribution in [0.4, 0.5) is 0 Å². The van der Waals surface area contributed by atoms with E-state index in [1.54, 1.807) is 12.1 Å². The van der Waals surface area contributed by atoms with Crippen LogP contribution in [0.5, 0.6) is 11.5 Å². The summed E-state index contributed by atoms with van der Waals surface area (Å²) >= 11 is 0. The van der Waals surface area contributed by atoms with E-state index in [2.05, 4.69) is 61.2 Å². The van der Waals surface area contributed by atoms with Gasteiger partial charge in [-0.25, -0.2) is 0 Å². The Bertz CT molecular complexity index is 2080. The third-order valence-corrected chi connectivity index (χ3v) is 16.4. The number of hydrogen-bond acceptors (Lipinski definition) is 7. The summed E-state index contributed by atoms with van der Waals surface area (Å²) in [4.78, 5) is 30.7. The number of nitrogens with one attached hydrogen (secondary N) is 2. The molecule has 1 aliphatic heterocycles. The molecule has 1 amide bonds. The van der Waals surface area contributed by atoms with E-state index in [-0.39, 0.29) is 34.3 Å². The first-order valence-corrected chi connectivity index (χ1v) is 22.8. The van der Waals surface area contributed by atoms with Crippen LogP contribution in [0.15, 0.2) is 114 Å². The lowest BCUT2D eigenvalue weighted by molar-refractivity contribution is -0.123. The van der Waals surface area contributed by atoms with Gasteiger partial charge in [0.2, 0.25) is 11.5 Å². The van der Waals surface area contributed by atoms with Crippen LogP contribution < -0.4 is 21.3 Å². The third-order valence-electron chi connectivity index (χ3n) is 12.0. The van der Waals surface area contributed by atoms with E-state index in [0.717, 1.165) is 73.3 Å². The molecule has 1 fully saturated rings. The average molecular weight is 775 g/mol. The number of phenolic OH excluding ortho intramolecular Hbond substituents is 1. The number of aromatic nitrogens is 1. The molecule has 1 aromatic heterocycles. The van der Waals surface area contributed by atoms with Gasteiger partial charge >= 0.3 is 0 Å². The predicted octanol–water partition coefficient (Wildman–Crippen LogP) is 7.69. The van der Waals surface area contributed by atoms with Crippen molar-refractivity contribution in [3.05, 3.63) is 142 Å². The summed E-state index contributed by atoms with van der Waals surface area (Å²) in [6, 6.07) is 35.1. The first kappa shape index (κ1) is 40.9. The van der Waals surface area contributed by atoms with E-state index < -0.39 is 13.7 Å². The molecule has 0 unspecified atom stereocenters. The fourth-order valence-electron chi connectivity index (χ4n) is 7.90. The summed E-state index contributed by atoms with van der Waals surface area (Å²) in [6.07, 6.45) is 2.35. The number of benzene rings is 4. The topological polar surface area (TPSA) is 130 Å². The zero-order valence-corrected chi connectivity index (χ0v) is 34.5. The van der Waals surface area contributed by atoms with Crippen molar-refractivity contribution in [2.45, 2.75) is 69.7 Å². The van der Waals surface area contributed by atoms with Crippen LogP contribution in [0.2, 0.25) is 18.1 Å². The molecule has 2 heterocycles. The van der Waals surface area contributed by atoms with Crippen molar-refractivity contribution in [1.29, 1.82) is 0 Å². The number of amides is 1. The van der Waals surface area contributed by atoms with Gasteiger partial charge in [-0.3, -0.25) is 9.59 Å². The van der Waals surface area contributed by atoms with E-state index in [0.29, 0.717) is 18.7 Å². The van der Waals surface area contributed by atoms with Gasteiger partial charge in [0.05, 0.1) is 18.2 Å². The smallest absolute Gasteiger partial charge is 0.248 e. The number of phenols is 1. The standard InChI is InChI=1S/C46H58N4O5Si/c1-45(2,3)56(4,5)55-41(38-21-23-40(51)43-39(38)22-24-42(52)49-43)31-48-27-25-33-17-19-37(20-18-33)54-30-12-28-50-29-26-36(32-50)46(44(47)53,34-13-8-6-9-14-34)35-15-10-7-11-16-35/h6-11,13-24,36,41,48,51H,12,25-32H2,1-5H3,(H2,47,53)(H,49,52)/t36-,41-/m1/s1. The molecule has 0 radical (unpaired) electrons. The molecule has 10 heteroatoms. The number of aromatic amines is 1. The average Bonchev–Trinajstić information content (AvgIpc) is 3.65. The fraction of sp³-hybridized carbons (Fsp3) is 0.391. The molecule has 6 rings (SSSR count). The molecule has 9 nitrogen and oxygen atoms in total. The number of rotatable bonds is 17. The largest absolute Gasteiger partial charge is 0.506 e. The lowest BCUT2D eigenvalue weighted by Gasteiger charge is -2.39. The first-order valence-electron chi connectivity index (χ1n) is 19.9. The van der Waals surface area contributed by atoms with Crippen molar-refractivity contribution in [3.63, 3.8) is 0 Å². The highest BCUT2D eigenvalue weighted by Crippen LogP contribution is 2.44. The van der Waals surface area contributed by atoms with Crippen LogP contribution >= 0.6 is 0 Å². The number of H-pyrrole nitrogens is 1. The normalized spacial score (nSPS) is 15.9. The molecular formula is C46H58N4O5Si. The maximum atomic E-state index is 13.4. The Morgan fingerprint density at radius 3 is 2.23 bits per heavy atom. The second-order valence-corrected chi connectivity index (χ2v) is 21.4. The van der Waals surface area contributed by atoms with E-state index >= 15 is 0 Å². The van der Waals surface area contributed by atoms with Gasteiger partial charge in [0.15, 0.2) is 8.32 Å². The summed E-state index contributed by atoms with van der Waals surface area (Å²) in [5.41, 5.74) is 9.63. The van der Waals surface area contributed by atoms with Crippen molar-refractivity contribution in [2.75, 3.05) is 39.3 Å². The van der Waals surface area contributed by atoms with Gasteiger partial charge in [0.25, 0.3) is 0 Å². The van der Waals surface area contributed by atoms with Gasteiger partial charge in [-0.2, -0.15) is 0 Å². The first-order chi connectivity index (χ1) is 26.8. The fourth-order valence-corrected chi connectivity index (χ4v) is 9.17. The summed E-state index contributed by atoms with van der Waals surface area (Å²) in [5.74, 6) is 0.667. The van der Waals surface area contributed by atoms with Gasteiger partial charge in [-0.05, 0) is 103 Å². The molecule has 0 saturated carbocycles. The van der Waals surface area contributed by atoms with Crippen LogP contribution in [0, 0.1) is 5.92 Å². The van der Waals surface area contributed by atoms with Gasteiger partial charge in [0, 0.05) is 31.1 Å². The maximum absolute atomic E-state index is 13.4. The molecule has 0 bridgehead atoms. The third kappa shape index (κ3) is 9.10. The molecule has 1 saturated heterocycles. The Labute approximate surface area is 332 Å². The summed E-state index contributed by atoms with van der Waals surface area (Å²) in [7, 11) is -2.16. The molecule has 5 N–H and O–H groups in total. The molecular weight excluding hydrogens is 717 g/mol. The highest BCUT2D eigenvalue weighted by molar-refractivity contribution is 6.74. The number of carbonyl (C=O) groups excluding carboxylic acids is 1. The molecule has 5 aromatic rings. The van der Waals surface area contributed by atoms with Crippen LogP contribution in [0.1, 0.15) is 62.0 Å². The van der Waals surface area contributed by atoms with Gasteiger partial charge in [0.1, 0.15) is 16.9 Å². The Hall–Kier alpha value is -4.74. The van der Waals surface area contributed by atoms with Crippen molar-refractivity contribution in [3.8, 4) is 11.5 Å². The SMILES string of the molecule is CC(C)(C)[Si](C)(C)O[C@H](CNCCc1ccc(OCCCN2CC[C@@H](C(C(N)=O)(c3ccccc3)c3ccccc3)C2)cc1)c1ccc(O)c2[nH]c(=O)ccc12. The number of likely N-dealkylation sites (tertiary alicyclic amines) is 1. The van der Waals surface area contributed by atoms with E-state index in [1.807, 2.05) is 78.9 Å². The summed E-state index contributed by atoms with van der Waals surface area (Å²) in [6.45, 7) is 15.7. The number of pyridine rings is 1.